The first kappa shape index (κ1) is 14.5. The molecule has 108 valence electrons. The number of hydrogen-bond acceptors (Lipinski definition) is 3. The molecule has 1 aromatic carbocycles. The lowest BCUT2D eigenvalue weighted by atomic mass is 9.89. The van der Waals surface area contributed by atoms with Gasteiger partial charge in [-0.2, -0.15) is 0 Å². The summed E-state index contributed by atoms with van der Waals surface area (Å²) >= 11 is 0. The van der Waals surface area contributed by atoms with Gasteiger partial charge in [-0.3, -0.25) is 4.79 Å². The summed E-state index contributed by atoms with van der Waals surface area (Å²) in [6, 6.07) is 9.04. The van der Waals surface area contributed by atoms with Crippen molar-refractivity contribution in [3.8, 4) is 0 Å². The Balaban J connectivity index is 2.34. The van der Waals surface area contributed by atoms with Gasteiger partial charge in [0.25, 0.3) is 0 Å². The van der Waals surface area contributed by atoms with Crippen LogP contribution in [-0.2, 0) is 15.1 Å². The molecule has 2 unspecified atom stereocenters. The summed E-state index contributed by atoms with van der Waals surface area (Å²) < 4.78 is 0. The van der Waals surface area contributed by atoms with Gasteiger partial charge in [-0.15, -0.1) is 0 Å². The maximum absolute atomic E-state index is 12.7. The molecule has 1 aliphatic heterocycles. The van der Waals surface area contributed by atoms with Crippen LogP contribution < -0.4 is 5.73 Å². The van der Waals surface area contributed by atoms with E-state index in [0.29, 0.717) is 24.9 Å². The Kier molecular flexibility index (Phi) is 3.56. The lowest BCUT2D eigenvalue weighted by Crippen LogP contribution is -2.58. The fraction of sp³-hybridized carbons (Fsp3) is 0.467. The number of nitrogens with two attached hydrogens (primary N) is 1. The molecule has 3 N–H and O–H groups in total. The second-order valence-corrected chi connectivity index (χ2v) is 5.71. The molecular formula is C15H20N2O3. The van der Waals surface area contributed by atoms with Gasteiger partial charge in [0.15, 0.2) is 0 Å². The number of hydrogen-bond donors (Lipinski definition) is 2. The van der Waals surface area contributed by atoms with E-state index in [1.54, 1.807) is 26.0 Å². The third-order valence-electron chi connectivity index (χ3n) is 4.16. The minimum absolute atomic E-state index is 0.342. The quantitative estimate of drug-likeness (QED) is 0.872. The summed E-state index contributed by atoms with van der Waals surface area (Å²) in [5, 5.41) is 9.39. The van der Waals surface area contributed by atoms with E-state index in [2.05, 4.69) is 0 Å². The highest BCUT2D eigenvalue weighted by Gasteiger charge is 2.49. The van der Waals surface area contributed by atoms with Crippen LogP contribution in [0, 0.1) is 0 Å². The van der Waals surface area contributed by atoms with Gasteiger partial charge in [0, 0.05) is 6.54 Å². The summed E-state index contributed by atoms with van der Waals surface area (Å²) in [6.07, 6.45) is 1.14. The number of carbonyl (C=O) groups is 2. The molecule has 1 fully saturated rings. The first-order valence-electron chi connectivity index (χ1n) is 6.70. The summed E-state index contributed by atoms with van der Waals surface area (Å²) in [6.45, 7) is 3.65. The van der Waals surface area contributed by atoms with Crippen molar-refractivity contribution < 1.29 is 14.7 Å². The first-order chi connectivity index (χ1) is 9.30. The molecule has 0 saturated carbocycles. The normalized spacial score (nSPS) is 25.2. The zero-order valence-electron chi connectivity index (χ0n) is 11.8. The fourth-order valence-electron chi connectivity index (χ4n) is 2.70. The van der Waals surface area contributed by atoms with Crippen LogP contribution in [0.4, 0.5) is 0 Å². The molecule has 20 heavy (non-hydrogen) atoms. The number of likely N-dealkylation sites (tertiary alicyclic amines) is 1. The summed E-state index contributed by atoms with van der Waals surface area (Å²) in [7, 11) is 0. The molecule has 5 nitrogen and oxygen atoms in total. The van der Waals surface area contributed by atoms with Gasteiger partial charge < -0.3 is 15.7 Å². The fourth-order valence-corrected chi connectivity index (χ4v) is 2.70. The van der Waals surface area contributed by atoms with E-state index in [-0.39, 0.29) is 5.91 Å². The highest BCUT2D eigenvalue weighted by atomic mass is 16.4. The van der Waals surface area contributed by atoms with Crippen LogP contribution in [0.15, 0.2) is 30.3 Å². The largest absolute Gasteiger partial charge is 0.480 e. The van der Waals surface area contributed by atoms with Crippen molar-refractivity contribution in [2.75, 3.05) is 6.54 Å². The van der Waals surface area contributed by atoms with Gasteiger partial charge >= 0.3 is 5.97 Å². The van der Waals surface area contributed by atoms with Gasteiger partial charge in [-0.1, -0.05) is 30.3 Å². The summed E-state index contributed by atoms with van der Waals surface area (Å²) in [5.74, 6) is -1.32. The number of amides is 1. The molecular weight excluding hydrogens is 256 g/mol. The predicted molar refractivity (Wildman–Crippen MR) is 75.0 cm³/mol. The summed E-state index contributed by atoms with van der Waals surface area (Å²) in [5.41, 5.74) is 4.50. The van der Waals surface area contributed by atoms with Crippen LogP contribution in [0.2, 0.25) is 0 Å². The van der Waals surface area contributed by atoms with Crippen LogP contribution >= 0.6 is 0 Å². The Morgan fingerprint density at radius 1 is 1.35 bits per heavy atom. The minimum Gasteiger partial charge on any atom is -0.480 e. The number of benzene rings is 1. The molecule has 1 heterocycles. The smallest absolute Gasteiger partial charge is 0.329 e. The number of carboxylic acids is 1. The zero-order chi connectivity index (χ0) is 15.0. The average Bonchev–Trinajstić information content (AvgIpc) is 2.82. The van der Waals surface area contributed by atoms with E-state index in [9.17, 15) is 14.7 Å². The molecule has 0 spiro atoms. The van der Waals surface area contributed by atoms with Gasteiger partial charge in [0.1, 0.15) is 11.1 Å². The Morgan fingerprint density at radius 2 is 1.95 bits per heavy atom. The first-order valence-corrected chi connectivity index (χ1v) is 6.70. The van der Waals surface area contributed by atoms with Gasteiger partial charge in [-0.25, -0.2) is 4.79 Å². The topological polar surface area (TPSA) is 83.6 Å². The van der Waals surface area contributed by atoms with Gasteiger partial charge in [-0.05, 0) is 32.3 Å². The maximum Gasteiger partial charge on any atom is 0.329 e. The predicted octanol–water partition coefficient (Wildman–Crippen LogP) is 1.33. The highest BCUT2D eigenvalue weighted by Crippen LogP contribution is 2.33. The van der Waals surface area contributed by atoms with Crippen LogP contribution in [0.3, 0.4) is 0 Å². The van der Waals surface area contributed by atoms with Crippen LogP contribution in [0.1, 0.15) is 32.3 Å². The van der Waals surface area contributed by atoms with Crippen molar-refractivity contribution in [2.24, 2.45) is 5.73 Å². The molecule has 0 radical (unpaired) electrons. The third-order valence-corrected chi connectivity index (χ3v) is 4.16. The van der Waals surface area contributed by atoms with Gasteiger partial charge in [0.2, 0.25) is 5.91 Å². The average molecular weight is 276 g/mol. The van der Waals surface area contributed by atoms with Crippen molar-refractivity contribution >= 4 is 11.9 Å². The molecule has 1 aromatic rings. The zero-order valence-corrected chi connectivity index (χ0v) is 11.8. The summed E-state index contributed by atoms with van der Waals surface area (Å²) in [4.78, 5) is 25.6. The molecule has 2 atom stereocenters. The number of nitrogens with zero attached hydrogens (tertiary/aromatic N) is 1. The molecule has 5 heteroatoms. The van der Waals surface area contributed by atoms with Crippen LogP contribution in [-0.4, -0.2) is 34.0 Å². The number of rotatable bonds is 3. The van der Waals surface area contributed by atoms with Crippen LogP contribution in [0.5, 0.6) is 0 Å². The van der Waals surface area contributed by atoms with E-state index in [4.69, 9.17) is 5.73 Å². The molecule has 0 aromatic heterocycles. The standard InChI is InChI=1S/C15H20N2O3/c1-14(13(19)20)9-6-10-17(14)12(18)15(2,16)11-7-4-3-5-8-11/h3-5,7-8H,6,9-10,16H2,1-2H3,(H,19,20). The van der Waals surface area contributed by atoms with E-state index in [1.165, 1.54) is 4.90 Å². The minimum atomic E-state index is -1.22. The van der Waals surface area contributed by atoms with Crippen molar-refractivity contribution in [2.45, 2.75) is 37.8 Å². The maximum atomic E-state index is 12.7. The molecule has 1 aliphatic rings. The van der Waals surface area contributed by atoms with Gasteiger partial charge in [0.05, 0.1) is 0 Å². The van der Waals surface area contributed by atoms with E-state index in [0.717, 1.165) is 0 Å². The second kappa shape index (κ2) is 4.90. The molecule has 1 saturated heterocycles. The molecule has 0 aliphatic carbocycles. The molecule has 2 rings (SSSR count). The SMILES string of the molecule is CC(N)(C(=O)N1CCCC1(C)C(=O)O)c1ccccc1. The second-order valence-electron chi connectivity index (χ2n) is 5.71. The number of carboxylic acid groups (broad SMARTS) is 1. The van der Waals surface area contributed by atoms with Crippen molar-refractivity contribution in [1.29, 1.82) is 0 Å². The Morgan fingerprint density at radius 3 is 2.50 bits per heavy atom. The Bertz CT molecular complexity index is 527. The third kappa shape index (κ3) is 2.18. The lowest BCUT2D eigenvalue weighted by molar-refractivity contribution is -0.157. The molecule has 1 amide bonds. The van der Waals surface area contributed by atoms with Crippen LogP contribution in [0.25, 0.3) is 0 Å². The number of aliphatic carboxylic acids is 1. The van der Waals surface area contributed by atoms with E-state index in [1.807, 2.05) is 18.2 Å². The van der Waals surface area contributed by atoms with Crippen molar-refractivity contribution in [3.63, 3.8) is 0 Å². The van der Waals surface area contributed by atoms with Crippen molar-refractivity contribution in [3.05, 3.63) is 35.9 Å². The Hall–Kier alpha value is -1.88. The van der Waals surface area contributed by atoms with E-state index >= 15 is 0 Å². The monoisotopic (exact) mass is 276 g/mol. The number of carbonyl (C=O) groups excluding carboxylic acids is 1. The highest BCUT2D eigenvalue weighted by molar-refractivity contribution is 5.93. The lowest BCUT2D eigenvalue weighted by Gasteiger charge is -2.37. The molecule has 0 bridgehead atoms. The van der Waals surface area contributed by atoms with E-state index < -0.39 is 17.0 Å². The Labute approximate surface area is 118 Å². The van der Waals surface area contributed by atoms with Crippen molar-refractivity contribution in [1.82, 2.24) is 4.90 Å².